The summed E-state index contributed by atoms with van der Waals surface area (Å²) in [6, 6.07) is 0. The molecule has 102 valence electrons. The van der Waals surface area contributed by atoms with Crippen molar-refractivity contribution in [3.63, 3.8) is 0 Å². The number of aromatic amines is 1. The van der Waals surface area contributed by atoms with Crippen molar-refractivity contribution in [3.8, 4) is 11.5 Å². The SMILES string of the molecule is CCOC(=O)C(c1nc(-c2cn[nH]n2)no1)C(C)C. The van der Waals surface area contributed by atoms with E-state index in [0.29, 0.717) is 18.1 Å². The average molecular weight is 265 g/mol. The fraction of sp³-hybridized carbons (Fsp3) is 0.545. The predicted octanol–water partition coefficient (Wildman–Crippen LogP) is 1.16. The van der Waals surface area contributed by atoms with Crippen LogP contribution in [0.2, 0.25) is 0 Å². The van der Waals surface area contributed by atoms with Gasteiger partial charge in [-0.25, -0.2) is 0 Å². The van der Waals surface area contributed by atoms with Crippen LogP contribution in [0.5, 0.6) is 0 Å². The first-order chi connectivity index (χ1) is 9.13. The normalized spacial score (nSPS) is 12.6. The maximum Gasteiger partial charge on any atom is 0.318 e. The quantitative estimate of drug-likeness (QED) is 0.808. The molecule has 8 heteroatoms. The first-order valence-corrected chi connectivity index (χ1v) is 5.99. The second-order valence-corrected chi connectivity index (χ2v) is 4.29. The van der Waals surface area contributed by atoms with Gasteiger partial charge in [-0.1, -0.05) is 19.0 Å². The van der Waals surface area contributed by atoms with E-state index in [9.17, 15) is 4.79 Å². The summed E-state index contributed by atoms with van der Waals surface area (Å²) in [7, 11) is 0. The van der Waals surface area contributed by atoms with Crippen molar-refractivity contribution in [1.82, 2.24) is 25.6 Å². The Morgan fingerprint density at radius 1 is 1.53 bits per heavy atom. The van der Waals surface area contributed by atoms with Crippen LogP contribution in [0.25, 0.3) is 11.5 Å². The van der Waals surface area contributed by atoms with Crippen LogP contribution < -0.4 is 0 Å². The van der Waals surface area contributed by atoms with E-state index in [4.69, 9.17) is 9.26 Å². The summed E-state index contributed by atoms with van der Waals surface area (Å²) in [5.41, 5.74) is 0.460. The van der Waals surface area contributed by atoms with Gasteiger partial charge in [0, 0.05) is 0 Å². The van der Waals surface area contributed by atoms with Gasteiger partial charge in [-0.2, -0.15) is 20.4 Å². The van der Waals surface area contributed by atoms with Gasteiger partial charge >= 0.3 is 5.97 Å². The molecule has 0 spiro atoms. The van der Waals surface area contributed by atoms with Crippen LogP contribution in [0.15, 0.2) is 10.7 Å². The second-order valence-electron chi connectivity index (χ2n) is 4.29. The molecule has 0 amide bonds. The minimum atomic E-state index is -0.576. The Bertz CT molecular complexity index is 534. The third-order valence-electron chi connectivity index (χ3n) is 2.56. The zero-order valence-corrected chi connectivity index (χ0v) is 11.0. The number of nitrogens with zero attached hydrogens (tertiary/aromatic N) is 4. The minimum absolute atomic E-state index is 0.00958. The summed E-state index contributed by atoms with van der Waals surface area (Å²) in [6.45, 7) is 5.85. The van der Waals surface area contributed by atoms with Crippen LogP contribution in [0.3, 0.4) is 0 Å². The molecule has 8 nitrogen and oxygen atoms in total. The lowest BCUT2D eigenvalue weighted by Crippen LogP contribution is -2.21. The Labute approximate surface area is 109 Å². The molecule has 1 N–H and O–H groups in total. The van der Waals surface area contributed by atoms with E-state index >= 15 is 0 Å². The number of carbonyl (C=O) groups is 1. The molecule has 0 saturated carbocycles. The third-order valence-corrected chi connectivity index (χ3v) is 2.56. The topological polar surface area (TPSA) is 107 Å². The van der Waals surface area contributed by atoms with E-state index in [1.807, 2.05) is 13.8 Å². The highest BCUT2D eigenvalue weighted by molar-refractivity contribution is 5.77. The Morgan fingerprint density at radius 2 is 2.32 bits per heavy atom. The lowest BCUT2D eigenvalue weighted by atomic mass is 9.96. The van der Waals surface area contributed by atoms with Crippen LogP contribution in [0, 0.1) is 5.92 Å². The lowest BCUT2D eigenvalue weighted by molar-refractivity contribution is -0.146. The summed E-state index contributed by atoms with van der Waals surface area (Å²) < 4.78 is 10.2. The van der Waals surface area contributed by atoms with Crippen LogP contribution in [0.1, 0.15) is 32.6 Å². The number of carbonyl (C=O) groups excluding carboxylic acids is 1. The maximum absolute atomic E-state index is 11.9. The van der Waals surface area contributed by atoms with E-state index < -0.39 is 5.92 Å². The Hall–Kier alpha value is -2.25. The number of hydrogen-bond donors (Lipinski definition) is 1. The molecule has 0 bridgehead atoms. The number of hydrogen-bond acceptors (Lipinski definition) is 7. The number of H-pyrrole nitrogens is 1. The summed E-state index contributed by atoms with van der Waals surface area (Å²) >= 11 is 0. The predicted molar refractivity (Wildman–Crippen MR) is 63.9 cm³/mol. The smallest absolute Gasteiger partial charge is 0.318 e. The van der Waals surface area contributed by atoms with Crippen LogP contribution >= 0.6 is 0 Å². The Morgan fingerprint density at radius 3 is 2.89 bits per heavy atom. The van der Waals surface area contributed by atoms with Gasteiger partial charge in [-0.15, -0.1) is 0 Å². The molecule has 2 aromatic heterocycles. The molecule has 0 radical (unpaired) electrons. The zero-order valence-electron chi connectivity index (χ0n) is 11.0. The van der Waals surface area contributed by atoms with Gasteiger partial charge in [0.05, 0.1) is 12.8 Å². The molecule has 0 saturated heterocycles. The summed E-state index contributed by atoms with van der Waals surface area (Å²) in [5.74, 6) is -0.434. The van der Waals surface area contributed by atoms with Crippen LogP contribution in [-0.2, 0) is 9.53 Å². The highest BCUT2D eigenvalue weighted by Gasteiger charge is 2.31. The molecule has 0 aromatic carbocycles. The van der Waals surface area contributed by atoms with Crippen molar-refractivity contribution in [1.29, 1.82) is 0 Å². The van der Waals surface area contributed by atoms with Crippen molar-refractivity contribution in [2.24, 2.45) is 5.92 Å². The summed E-state index contributed by atoms with van der Waals surface area (Å²) in [5, 5.41) is 13.8. The number of nitrogens with one attached hydrogen (secondary N) is 1. The fourth-order valence-electron chi connectivity index (χ4n) is 1.67. The van der Waals surface area contributed by atoms with Gasteiger partial charge < -0.3 is 9.26 Å². The minimum Gasteiger partial charge on any atom is -0.465 e. The van der Waals surface area contributed by atoms with Gasteiger partial charge in [0.25, 0.3) is 0 Å². The second kappa shape index (κ2) is 5.59. The van der Waals surface area contributed by atoms with Crippen molar-refractivity contribution in [2.45, 2.75) is 26.7 Å². The van der Waals surface area contributed by atoms with Gasteiger partial charge in [-0.05, 0) is 12.8 Å². The fourth-order valence-corrected chi connectivity index (χ4v) is 1.67. The van der Waals surface area contributed by atoms with Gasteiger partial charge in [0.1, 0.15) is 5.92 Å². The maximum atomic E-state index is 11.9. The highest BCUT2D eigenvalue weighted by Crippen LogP contribution is 2.26. The molecule has 2 aromatic rings. The number of esters is 1. The van der Waals surface area contributed by atoms with E-state index in [1.54, 1.807) is 6.92 Å². The first kappa shape index (κ1) is 13.2. The monoisotopic (exact) mass is 265 g/mol. The highest BCUT2D eigenvalue weighted by atomic mass is 16.5. The van der Waals surface area contributed by atoms with Crippen molar-refractivity contribution >= 4 is 5.97 Å². The molecule has 0 fully saturated rings. The molecule has 1 atom stereocenters. The molecular weight excluding hydrogens is 250 g/mol. The lowest BCUT2D eigenvalue weighted by Gasteiger charge is -2.14. The molecular formula is C11H15N5O3. The van der Waals surface area contributed by atoms with E-state index in [1.165, 1.54) is 6.20 Å². The summed E-state index contributed by atoms with van der Waals surface area (Å²) in [4.78, 5) is 16.1. The average Bonchev–Trinajstić information content (AvgIpc) is 2.98. The summed E-state index contributed by atoms with van der Waals surface area (Å²) in [6.07, 6.45) is 1.48. The molecule has 2 heterocycles. The van der Waals surface area contributed by atoms with E-state index in [-0.39, 0.29) is 17.8 Å². The van der Waals surface area contributed by atoms with Gasteiger partial charge in [0.15, 0.2) is 5.69 Å². The zero-order chi connectivity index (χ0) is 13.8. The number of aromatic nitrogens is 5. The van der Waals surface area contributed by atoms with E-state index in [2.05, 4.69) is 25.6 Å². The molecule has 19 heavy (non-hydrogen) atoms. The van der Waals surface area contributed by atoms with Crippen molar-refractivity contribution in [2.75, 3.05) is 6.61 Å². The van der Waals surface area contributed by atoms with Crippen LogP contribution in [0.4, 0.5) is 0 Å². The van der Waals surface area contributed by atoms with Crippen LogP contribution in [-0.4, -0.2) is 38.1 Å². The van der Waals surface area contributed by atoms with Gasteiger partial charge in [-0.3, -0.25) is 4.79 Å². The molecule has 0 aliphatic carbocycles. The van der Waals surface area contributed by atoms with Gasteiger partial charge in [0.2, 0.25) is 11.7 Å². The standard InChI is InChI=1S/C11H15N5O3/c1-4-18-11(17)8(6(2)3)10-13-9(15-19-10)7-5-12-16-14-7/h5-6,8H,4H2,1-3H3,(H,12,14,16). The van der Waals surface area contributed by atoms with Crippen molar-refractivity contribution < 1.29 is 14.1 Å². The molecule has 0 aliphatic heterocycles. The van der Waals surface area contributed by atoms with Crippen molar-refractivity contribution in [3.05, 3.63) is 12.1 Å². The van der Waals surface area contributed by atoms with E-state index in [0.717, 1.165) is 0 Å². The number of ether oxygens (including phenoxy) is 1. The molecule has 0 aliphatic rings. The third kappa shape index (κ3) is 2.78. The molecule has 1 unspecified atom stereocenters. The first-order valence-electron chi connectivity index (χ1n) is 5.99. The largest absolute Gasteiger partial charge is 0.465 e. The Kier molecular flexibility index (Phi) is 3.88. The Balaban J connectivity index is 2.26. The number of rotatable bonds is 5. The molecule has 2 rings (SSSR count).